The summed E-state index contributed by atoms with van der Waals surface area (Å²) in [5.74, 6) is 0.180. The van der Waals surface area contributed by atoms with Crippen LogP contribution in [0.3, 0.4) is 0 Å². The topological polar surface area (TPSA) is 86.1 Å². The second-order valence-corrected chi connectivity index (χ2v) is 5.10. The van der Waals surface area contributed by atoms with Gasteiger partial charge < -0.3 is 10.2 Å². The molecule has 0 spiro atoms. The third-order valence-electron chi connectivity index (χ3n) is 3.69. The van der Waals surface area contributed by atoms with Crippen LogP contribution < -0.4 is 5.32 Å². The van der Waals surface area contributed by atoms with E-state index in [-0.39, 0.29) is 18.2 Å². The van der Waals surface area contributed by atoms with Crippen molar-refractivity contribution < 1.29 is 9.59 Å². The largest absolute Gasteiger partial charge is 0.352 e. The van der Waals surface area contributed by atoms with E-state index in [1.807, 2.05) is 6.07 Å². The zero-order chi connectivity index (χ0) is 15.1. The number of nitrogens with one attached hydrogen (secondary N) is 1. The van der Waals surface area contributed by atoms with Crippen molar-refractivity contribution in [3.8, 4) is 6.07 Å². The molecule has 1 aliphatic rings. The van der Waals surface area contributed by atoms with Crippen LogP contribution >= 0.6 is 0 Å². The van der Waals surface area contributed by atoms with E-state index in [0.717, 1.165) is 12.8 Å². The van der Waals surface area contributed by atoms with Crippen molar-refractivity contribution in [1.29, 1.82) is 5.26 Å². The molecule has 1 aliphatic heterocycles. The van der Waals surface area contributed by atoms with Gasteiger partial charge in [0.25, 0.3) is 5.91 Å². The lowest BCUT2D eigenvalue weighted by Gasteiger charge is -2.31. The Balaban J connectivity index is 1.73. The second kappa shape index (κ2) is 7.39. The lowest BCUT2D eigenvalue weighted by Crippen LogP contribution is -2.41. The Kier molecular flexibility index (Phi) is 5.27. The fraction of sp³-hybridized carbons (Fsp3) is 0.467. The Morgan fingerprint density at radius 1 is 1.33 bits per heavy atom. The van der Waals surface area contributed by atoms with Crippen molar-refractivity contribution in [1.82, 2.24) is 15.2 Å². The molecule has 1 aromatic rings. The highest BCUT2D eigenvalue weighted by Gasteiger charge is 2.22. The molecular formula is C15H18N4O2. The molecule has 0 aromatic carbocycles. The van der Waals surface area contributed by atoms with Gasteiger partial charge >= 0.3 is 0 Å². The Labute approximate surface area is 123 Å². The third-order valence-corrected chi connectivity index (χ3v) is 3.69. The minimum absolute atomic E-state index is 0.0521. The van der Waals surface area contributed by atoms with Gasteiger partial charge in [-0.1, -0.05) is 0 Å². The van der Waals surface area contributed by atoms with Gasteiger partial charge in [0.1, 0.15) is 6.42 Å². The van der Waals surface area contributed by atoms with Gasteiger partial charge in [-0.05, 0) is 30.9 Å². The Hall–Kier alpha value is -2.42. The van der Waals surface area contributed by atoms with Gasteiger partial charge in [-0.25, -0.2) is 0 Å². The molecule has 1 aromatic heterocycles. The molecule has 0 unspecified atom stereocenters. The fourth-order valence-corrected chi connectivity index (χ4v) is 2.41. The van der Waals surface area contributed by atoms with Crippen LogP contribution in [0.1, 0.15) is 29.6 Å². The van der Waals surface area contributed by atoms with Crippen LogP contribution in [0.5, 0.6) is 0 Å². The van der Waals surface area contributed by atoms with Crippen molar-refractivity contribution in [3.05, 3.63) is 30.1 Å². The Morgan fingerprint density at radius 2 is 2.00 bits per heavy atom. The minimum atomic E-state index is -0.100. The number of amides is 2. The molecule has 1 fully saturated rings. The lowest BCUT2D eigenvalue weighted by molar-refractivity contribution is -0.131. The summed E-state index contributed by atoms with van der Waals surface area (Å²) < 4.78 is 0. The molecule has 0 aliphatic carbocycles. The summed E-state index contributed by atoms with van der Waals surface area (Å²) in [6.07, 6.45) is 4.84. The molecule has 0 atom stereocenters. The first kappa shape index (κ1) is 15.0. The van der Waals surface area contributed by atoms with Crippen molar-refractivity contribution in [2.75, 3.05) is 19.6 Å². The van der Waals surface area contributed by atoms with E-state index in [1.165, 1.54) is 0 Å². The Morgan fingerprint density at radius 3 is 2.62 bits per heavy atom. The number of aromatic nitrogens is 1. The average Bonchev–Trinajstić information content (AvgIpc) is 2.54. The number of carbonyl (C=O) groups is 2. The third kappa shape index (κ3) is 4.28. The van der Waals surface area contributed by atoms with Crippen molar-refractivity contribution >= 4 is 11.8 Å². The van der Waals surface area contributed by atoms with E-state index in [0.29, 0.717) is 31.1 Å². The molecule has 0 bridgehead atoms. The quantitative estimate of drug-likeness (QED) is 0.893. The normalized spacial score (nSPS) is 15.3. The maximum absolute atomic E-state index is 11.9. The van der Waals surface area contributed by atoms with E-state index >= 15 is 0 Å². The molecule has 6 heteroatoms. The summed E-state index contributed by atoms with van der Waals surface area (Å²) in [5.41, 5.74) is 0.603. The molecule has 1 N–H and O–H groups in total. The first-order valence-corrected chi connectivity index (χ1v) is 7.03. The molecule has 2 amide bonds. The predicted octanol–water partition coefficient (Wildman–Crippen LogP) is 0.964. The van der Waals surface area contributed by atoms with Gasteiger partial charge in [-0.3, -0.25) is 14.6 Å². The van der Waals surface area contributed by atoms with Crippen LogP contribution in [0.15, 0.2) is 24.5 Å². The zero-order valence-electron chi connectivity index (χ0n) is 11.8. The van der Waals surface area contributed by atoms with Gasteiger partial charge in [0.05, 0.1) is 6.07 Å². The standard InChI is InChI=1S/C15H18N4O2/c16-6-1-14(20)19-9-4-12(5-10-19)11-18-15(21)13-2-7-17-8-3-13/h2-3,7-8,12H,1,4-5,9-11H2,(H,18,21). The SMILES string of the molecule is N#CCC(=O)N1CCC(CNC(=O)c2ccncc2)CC1. The molecule has 0 saturated carbocycles. The summed E-state index contributed by atoms with van der Waals surface area (Å²) in [6.45, 7) is 1.94. The van der Waals surface area contributed by atoms with Gasteiger partial charge in [0.15, 0.2) is 0 Å². The number of rotatable bonds is 4. The van der Waals surface area contributed by atoms with Crippen LogP contribution in [0, 0.1) is 17.2 Å². The van der Waals surface area contributed by atoms with Gasteiger partial charge in [-0.15, -0.1) is 0 Å². The molecule has 2 rings (SSSR count). The number of hydrogen-bond acceptors (Lipinski definition) is 4. The van der Waals surface area contributed by atoms with Crippen LogP contribution in [-0.2, 0) is 4.79 Å². The number of carbonyl (C=O) groups excluding carboxylic acids is 2. The van der Waals surface area contributed by atoms with Crippen LogP contribution in [0.2, 0.25) is 0 Å². The van der Waals surface area contributed by atoms with Crippen molar-refractivity contribution in [2.24, 2.45) is 5.92 Å². The summed E-state index contributed by atoms with van der Waals surface area (Å²) in [7, 11) is 0. The van der Waals surface area contributed by atoms with Crippen LogP contribution in [-0.4, -0.2) is 41.3 Å². The monoisotopic (exact) mass is 286 g/mol. The summed E-state index contributed by atoms with van der Waals surface area (Å²) >= 11 is 0. The van der Waals surface area contributed by atoms with Gasteiger partial charge in [0.2, 0.25) is 5.91 Å². The molecule has 6 nitrogen and oxygen atoms in total. The molecule has 0 radical (unpaired) electrons. The predicted molar refractivity (Wildman–Crippen MR) is 76.1 cm³/mol. The molecule has 2 heterocycles. The molecule has 110 valence electrons. The zero-order valence-corrected chi connectivity index (χ0v) is 11.8. The molecule has 1 saturated heterocycles. The number of hydrogen-bond donors (Lipinski definition) is 1. The number of nitrogens with zero attached hydrogens (tertiary/aromatic N) is 3. The second-order valence-electron chi connectivity index (χ2n) is 5.10. The van der Waals surface area contributed by atoms with E-state index in [9.17, 15) is 9.59 Å². The summed E-state index contributed by atoms with van der Waals surface area (Å²) in [6, 6.07) is 5.24. The minimum Gasteiger partial charge on any atom is -0.352 e. The number of piperidine rings is 1. The van der Waals surface area contributed by atoms with E-state index in [4.69, 9.17) is 5.26 Å². The molecule has 21 heavy (non-hydrogen) atoms. The highest BCUT2D eigenvalue weighted by molar-refractivity contribution is 5.93. The number of likely N-dealkylation sites (tertiary alicyclic amines) is 1. The van der Waals surface area contributed by atoms with E-state index < -0.39 is 0 Å². The lowest BCUT2D eigenvalue weighted by atomic mass is 9.96. The highest BCUT2D eigenvalue weighted by atomic mass is 16.2. The van der Waals surface area contributed by atoms with Crippen molar-refractivity contribution in [3.63, 3.8) is 0 Å². The first-order chi connectivity index (χ1) is 10.2. The van der Waals surface area contributed by atoms with Crippen LogP contribution in [0.25, 0.3) is 0 Å². The number of pyridine rings is 1. The highest BCUT2D eigenvalue weighted by Crippen LogP contribution is 2.17. The smallest absolute Gasteiger partial charge is 0.251 e. The van der Waals surface area contributed by atoms with E-state index in [2.05, 4.69) is 10.3 Å². The van der Waals surface area contributed by atoms with E-state index in [1.54, 1.807) is 29.4 Å². The summed E-state index contributed by atoms with van der Waals surface area (Å²) in [4.78, 5) is 29.1. The summed E-state index contributed by atoms with van der Waals surface area (Å²) in [5, 5.41) is 11.4. The van der Waals surface area contributed by atoms with Crippen molar-refractivity contribution in [2.45, 2.75) is 19.3 Å². The van der Waals surface area contributed by atoms with Crippen LogP contribution in [0.4, 0.5) is 0 Å². The fourth-order valence-electron chi connectivity index (χ4n) is 2.41. The Bertz CT molecular complexity index is 530. The first-order valence-electron chi connectivity index (χ1n) is 7.03. The number of nitriles is 1. The maximum atomic E-state index is 11.9. The maximum Gasteiger partial charge on any atom is 0.251 e. The van der Waals surface area contributed by atoms with Gasteiger partial charge in [-0.2, -0.15) is 5.26 Å². The van der Waals surface area contributed by atoms with Gasteiger partial charge in [0, 0.05) is 37.6 Å². The molecular weight excluding hydrogens is 268 g/mol. The average molecular weight is 286 g/mol.